The number of nitro groups is 1. The van der Waals surface area contributed by atoms with E-state index in [1.165, 1.54) is 12.1 Å². The lowest BCUT2D eigenvalue weighted by molar-refractivity contribution is -0.385. The Hall–Kier alpha value is -2.64. The van der Waals surface area contributed by atoms with Crippen LogP contribution in [0.25, 0.3) is 0 Å². The first kappa shape index (κ1) is 18.4. The third-order valence-corrected chi connectivity index (χ3v) is 2.71. The smallest absolute Gasteiger partial charge is 0.407 e. The zero-order valence-electron chi connectivity index (χ0n) is 13.5. The molecule has 1 amide bonds. The van der Waals surface area contributed by atoms with Crippen LogP contribution in [0.15, 0.2) is 18.2 Å². The lowest BCUT2D eigenvalue weighted by Crippen LogP contribution is -2.30. The Morgan fingerprint density at radius 1 is 1.26 bits per heavy atom. The van der Waals surface area contributed by atoms with E-state index in [1.54, 1.807) is 27.7 Å². The molecule has 23 heavy (non-hydrogen) atoms. The van der Waals surface area contributed by atoms with Crippen molar-refractivity contribution >= 4 is 17.7 Å². The SMILES string of the molecule is CC(C)NC(=O)OCc1ccc(OC(=O)C(C)C)cc1[N+](=O)[O-]. The number of nitro benzene ring substituents is 1. The summed E-state index contributed by atoms with van der Waals surface area (Å²) in [6.07, 6.45) is -0.662. The number of nitrogens with zero attached hydrogens (tertiary/aromatic N) is 1. The summed E-state index contributed by atoms with van der Waals surface area (Å²) in [5, 5.41) is 13.6. The average molecular weight is 324 g/mol. The Balaban J connectivity index is 2.86. The van der Waals surface area contributed by atoms with Gasteiger partial charge in [0.05, 0.1) is 22.5 Å². The lowest BCUT2D eigenvalue weighted by atomic mass is 10.2. The van der Waals surface area contributed by atoms with Crippen LogP contribution in [0.1, 0.15) is 33.3 Å². The van der Waals surface area contributed by atoms with Crippen LogP contribution in [0, 0.1) is 16.0 Å². The molecule has 0 bridgehead atoms. The summed E-state index contributed by atoms with van der Waals surface area (Å²) in [7, 11) is 0. The molecule has 126 valence electrons. The summed E-state index contributed by atoms with van der Waals surface area (Å²) < 4.78 is 9.96. The molecule has 0 aromatic heterocycles. The summed E-state index contributed by atoms with van der Waals surface area (Å²) in [4.78, 5) is 33.5. The van der Waals surface area contributed by atoms with Gasteiger partial charge >= 0.3 is 12.1 Å². The van der Waals surface area contributed by atoms with Crippen LogP contribution in [0.3, 0.4) is 0 Å². The molecule has 0 atom stereocenters. The number of benzene rings is 1. The Morgan fingerprint density at radius 2 is 1.91 bits per heavy atom. The van der Waals surface area contributed by atoms with E-state index in [4.69, 9.17) is 9.47 Å². The quantitative estimate of drug-likeness (QED) is 0.373. The normalized spacial score (nSPS) is 10.5. The van der Waals surface area contributed by atoms with E-state index in [1.807, 2.05) is 0 Å². The molecular weight excluding hydrogens is 304 g/mol. The molecule has 0 aliphatic heterocycles. The van der Waals surface area contributed by atoms with Crippen molar-refractivity contribution in [1.29, 1.82) is 0 Å². The first-order chi connectivity index (χ1) is 10.7. The number of amides is 1. The highest BCUT2D eigenvalue weighted by Crippen LogP contribution is 2.26. The number of carbonyl (C=O) groups is 2. The van der Waals surface area contributed by atoms with Gasteiger partial charge in [0.1, 0.15) is 12.4 Å². The zero-order chi connectivity index (χ0) is 17.6. The van der Waals surface area contributed by atoms with Crippen LogP contribution in [0.2, 0.25) is 0 Å². The average Bonchev–Trinajstić information content (AvgIpc) is 2.44. The van der Waals surface area contributed by atoms with Crippen LogP contribution < -0.4 is 10.1 Å². The molecule has 1 rings (SSSR count). The van der Waals surface area contributed by atoms with E-state index >= 15 is 0 Å². The van der Waals surface area contributed by atoms with Crippen molar-refractivity contribution in [3.8, 4) is 5.75 Å². The van der Waals surface area contributed by atoms with Crippen LogP contribution in [-0.4, -0.2) is 23.0 Å². The topological polar surface area (TPSA) is 108 Å². The summed E-state index contributed by atoms with van der Waals surface area (Å²) in [5.74, 6) is -0.762. The fourth-order valence-corrected chi connectivity index (χ4v) is 1.55. The van der Waals surface area contributed by atoms with Crippen molar-refractivity contribution < 1.29 is 24.0 Å². The number of esters is 1. The van der Waals surface area contributed by atoms with Crippen LogP contribution in [0.5, 0.6) is 5.75 Å². The highest BCUT2D eigenvalue weighted by molar-refractivity contribution is 5.74. The molecule has 0 saturated carbocycles. The minimum atomic E-state index is -0.662. The van der Waals surface area contributed by atoms with Crippen molar-refractivity contribution in [2.45, 2.75) is 40.3 Å². The van der Waals surface area contributed by atoms with Crippen LogP contribution in [-0.2, 0) is 16.1 Å². The summed E-state index contributed by atoms with van der Waals surface area (Å²) >= 11 is 0. The number of alkyl carbamates (subject to hydrolysis) is 1. The molecule has 0 unspecified atom stereocenters. The fourth-order valence-electron chi connectivity index (χ4n) is 1.55. The lowest BCUT2D eigenvalue weighted by Gasteiger charge is -2.11. The fraction of sp³-hybridized carbons (Fsp3) is 0.467. The monoisotopic (exact) mass is 324 g/mol. The Bertz CT molecular complexity index is 598. The van der Waals surface area contributed by atoms with E-state index in [0.717, 1.165) is 6.07 Å². The molecule has 8 heteroatoms. The van der Waals surface area contributed by atoms with Gasteiger partial charge in [-0.3, -0.25) is 14.9 Å². The molecule has 0 aliphatic carbocycles. The summed E-state index contributed by atoms with van der Waals surface area (Å²) in [6, 6.07) is 3.85. The molecule has 0 aliphatic rings. The summed E-state index contributed by atoms with van der Waals surface area (Å²) in [5.41, 5.74) is -0.0744. The zero-order valence-corrected chi connectivity index (χ0v) is 13.5. The predicted octanol–water partition coefficient (Wildman–Crippen LogP) is 2.79. The first-order valence-electron chi connectivity index (χ1n) is 7.13. The molecule has 1 aromatic carbocycles. The van der Waals surface area contributed by atoms with Crippen LogP contribution in [0.4, 0.5) is 10.5 Å². The number of hydrogen-bond donors (Lipinski definition) is 1. The molecule has 0 radical (unpaired) electrons. The third kappa shape index (κ3) is 5.93. The Morgan fingerprint density at radius 3 is 2.43 bits per heavy atom. The first-order valence-corrected chi connectivity index (χ1v) is 7.13. The van der Waals surface area contributed by atoms with Gasteiger partial charge in [0, 0.05) is 6.04 Å². The highest BCUT2D eigenvalue weighted by Gasteiger charge is 2.19. The third-order valence-electron chi connectivity index (χ3n) is 2.71. The maximum absolute atomic E-state index is 11.5. The van der Waals surface area contributed by atoms with E-state index in [0.29, 0.717) is 0 Å². The number of hydrogen-bond acceptors (Lipinski definition) is 6. The summed E-state index contributed by atoms with van der Waals surface area (Å²) in [6.45, 7) is 6.59. The highest BCUT2D eigenvalue weighted by atomic mass is 16.6. The number of nitrogens with one attached hydrogen (secondary N) is 1. The van der Waals surface area contributed by atoms with E-state index < -0.39 is 17.0 Å². The molecule has 1 aromatic rings. The number of carbonyl (C=O) groups excluding carboxylic acids is 2. The standard InChI is InChI=1S/C15H20N2O6/c1-9(2)14(18)23-12-6-5-11(13(7-12)17(20)21)8-22-15(19)16-10(3)4/h5-7,9-10H,8H2,1-4H3,(H,16,19). The largest absolute Gasteiger partial charge is 0.444 e. The van der Waals surface area contributed by atoms with Gasteiger partial charge in [-0.1, -0.05) is 13.8 Å². The van der Waals surface area contributed by atoms with Gasteiger partial charge < -0.3 is 14.8 Å². The number of rotatable bonds is 6. The van der Waals surface area contributed by atoms with E-state index in [2.05, 4.69) is 5.32 Å². The molecule has 0 fully saturated rings. The second-order valence-corrected chi connectivity index (χ2v) is 5.50. The van der Waals surface area contributed by atoms with Crippen molar-refractivity contribution in [1.82, 2.24) is 5.32 Å². The van der Waals surface area contributed by atoms with Crippen molar-refractivity contribution in [2.75, 3.05) is 0 Å². The van der Waals surface area contributed by atoms with Gasteiger partial charge in [0.25, 0.3) is 5.69 Å². The van der Waals surface area contributed by atoms with Gasteiger partial charge in [0.2, 0.25) is 0 Å². The second-order valence-electron chi connectivity index (χ2n) is 5.50. The molecule has 0 spiro atoms. The van der Waals surface area contributed by atoms with Gasteiger partial charge in [-0.15, -0.1) is 0 Å². The van der Waals surface area contributed by atoms with Crippen molar-refractivity contribution in [3.05, 3.63) is 33.9 Å². The predicted molar refractivity (Wildman–Crippen MR) is 82.0 cm³/mol. The molecular formula is C15H20N2O6. The van der Waals surface area contributed by atoms with E-state index in [-0.39, 0.29) is 35.6 Å². The van der Waals surface area contributed by atoms with E-state index in [9.17, 15) is 19.7 Å². The minimum Gasteiger partial charge on any atom is -0.444 e. The second kappa shape index (κ2) is 8.11. The molecule has 0 saturated heterocycles. The Labute approximate surface area is 133 Å². The molecule has 8 nitrogen and oxygen atoms in total. The maximum atomic E-state index is 11.5. The Kier molecular flexibility index (Phi) is 6.49. The van der Waals surface area contributed by atoms with Gasteiger partial charge in [0.15, 0.2) is 0 Å². The molecule has 0 heterocycles. The minimum absolute atomic E-state index is 0.0748. The van der Waals surface area contributed by atoms with Gasteiger partial charge in [-0.05, 0) is 26.0 Å². The maximum Gasteiger partial charge on any atom is 0.407 e. The molecule has 1 N–H and O–H groups in total. The van der Waals surface area contributed by atoms with Crippen LogP contribution >= 0.6 is 0 Å². The van der Waals surface area contributed by atoms with Gasteiger partial charge in [-0.25, -0.2) is 4.79 Å². The number of ether oxygens (including phenoxy) is 2. The van der Waals surface area contributed by atoms with Crippen molar-refractivity contribution in [3.63, 3.8) is 0 Å². The van der Waals surface area contributed by atoms with Crippen molar-refractivity contribution in [2.24, 2.45) is 5.92 Å². The van der Waals surface area contributed by atoms with Gasteiger partial charge in [-0.2, -0.15) is 0 Å².